The first-order valence-electron chi connectivity index (χ1n) is 8.48. The molecule has 0 N–H and O–H groups in total. The number of rotatable bonds is 6. The van der Waals surface area contributed by atoms with Gasteiger partial charge in [0.15, 0.2) is 0 Å². The van der Waals surface area contributed by atoms with Gasteiger partial charge in [-0.2, -0.15) is 0 Å². The molecule has 2 aromatic carbocycles. The molecule has 0 saturated carbocycles. The summed E-state index contributed by atoms with van der Waals surface area (Å²) in [5.41, 5.74) is 1.70. The third-order valence-corrected chi connectivity index (χ3v) is 4.11. The Morgan fingerprint density at radius 1 is 1.15 bits per heavy atom. The van der Waals surface area contributed by atoms with Gasteiger partial charge >= 0.3 is 0 Å². The number of hydrogen-bond donors (Lipinski definition) is 0. The lowest BCUT2D eigenvalue weighted by atomic mass is 9.89. The van der Waals surface area contributed by atoms with Crippen molar-refractivity contribution in [3.63, 3.8) is 0 Å². The van der Waals surface area contributed by atoms with Crippen LogP contribution < -0.4 is 9.64 Å². The Balaban J connectivity index is 2.02. The van der Waals surface area contributed by atoms with E-state index < -0.39 is 5.92 Å². The van der Waals surface area contributed by atoms with E-state index in [9.17, 15) is 9.59 Å². The third kappa shape index (κ3) is 3.28. The minimum atomic E-state index is -0.601. The van der Waals surface area contributed by atoms with E-state index in [1.54, 1.807) is 54.8 Å². The number of nitrogens with zero attached hydrogens (tertiary/aromatic N) is 2. The highest BCUT2D eigenvalue weighted by atomic mass is 16.5. The molecule has 0 aromatic heterocycles. The van der Waals surface area contributed by atoms with Gasteiger partial charge in [0.1, 0.15) is 5.75 Å². The van der Waals surface area contributed by atoms with Gasteiger partial charge in [0.05, 0.1) is 24.8 Å². The molecule has 0 bridgehead atoms. The molecule has 3 rings (SSSR count). The number of benzene rings is 2. The summed E-state index contributed by atoms with van der Waals surface area (Å²) >= 11 is 0. The summed E-state index contributed by atoms with van der Waals surface area (Å²) in [5.74, 6) is -0.554. The highest BCUT2D eigenvalue weighted by Crippen LogP contribution is 2.32. The summed E-state index contributed by atoms with van der Waals surface area (Å²) in [7, 11) is 0. The first-order chi connectivity index (χ1) is 12.7. The zero-order chi connectivity index (χ0) is 18.5. The van der Waals surface area contributed by atoms with Crippen LogP contribution in [0.5, 0.6) is 5.75 Å². The molecule has 0 fully saturated rings. The molecule has 0 spiro atoms. The highest BCUT2D eigenvalue weighted by Gasteiger charge is 2.38. The Morgan fingerprint density at radius 3 is 2.58 bits per heavy atom. The van der Waals surface area contributed by atoms with Gasteiger partial charge in [0.25, 0.3) is 5.91 Å². The van der Waals surface area contributed by atoms with Gasteiger partial charge in [-0.3, -0.25) is 14.6 Å². The Hall–Kier alpha value is -3.21. The van der Waals surface area contributed by atoms with Crippen LogP contribution in [-0.4, -0.2) is 31.2 Å². The Labute approximate surface area is 152 Å². The second-order valence-corrected chi connectivity index (χ2v) is 5.77. The zero-order valence-corrected chi connectivity index (χ0v) is 14.6. The normalized spacial score (nSPS) is 16.7. The molecule has 1 heterocycles. The smallest absolute Gasteiger partial charge is 0.265 e. The molecule has 0 radical (unpaired) electrons. The van der Waals surface area contributed by atoms with Crippen molar-refractivity contribution in [1.29, 1.82) is 0 Å². The number of hydrogen-bond acceptors (Lipinski definition) is 4. The monoisotopic (exact) mass is 348 g/mol. The average molecular weight is 348 g/mol. The molecular formula is C21H20N2O3. The molecule has 2 amide bonds. The fourth-order valence-corrected chi connectivity index (χ4v) is 2.94. The largest absolute Gasteiger partial charge is 0.494 e. The lowest BCUT2D eigenvalue weighted by Crippen LogP contribution is -2.45. The molecule has 1 aliphatic rings. The van der Waals surface area contributed by atoms with E-state index in [2.05, 4.69) is 11.6 Å². The Morgan fingerprint density at radius 2 is 1.88 bits per heavy atom. The number of carbonyl (C=O) groups excluding carboxylic acids is 2. The van der Waals surface area contributed by atoms with Gasteiger partial charge in [-0.15, -0.1) is 6.58 Å². The van der Waals surface area contributed by atoms with Crippen LogP contribution in [0.3, 0.4) is 0 Å². The number of imide groups is 1. The number of amides is 2. The van der Waals surface area contributed by atoms with Crippen molar-refractivity contribution in [2.45, 2.75) is 12.8 Å². The van der Waals surface area contributed by atoms with Crippen LogP contribution in [0.15, 0.2) is 66.2 Å². The predicted molar refractivity (Wildman–Crippen MR) is 102 cm³/mol. The molecule has 132 valence electrons. The summed E-state index contributed by atoms with van der Waals surface area (Å²) in [5, 5.41) is 0. The van der Waals surface area contributed by atoms with E-state index in [4.69, 9.17) is 4.74 Å². The van der Waals surface area contributed by atoms with Crippen LogP contribution in [0, 0.1) is 0 Å². The summed E-state index contributed by atoms with van der Waals surface area (Å²) < 4.78 is 5.43. The van der Waals surface area contributed by atoms with Crippen molar-refractivity contribution >= 4 is 23.7 Å². The summed E-state index contributed by atoms with van der Waals surface area (Å²) in [6, 6.07) is 14.1. The van der Waals surface area contributed by atoms with E-state index in [1.165, 1.54) is 4.90 Å². The quantitative estimate of drug-likeness (QED) is 0.455. The van der Waals surface area contributed by atoms with Gasteiger partial charge in [-0.05, 0) is 42.8 Å². The van der Waals surface area contributed by atoms with Crippen molar-refractivity contribution in [3.8, 4) is 5.75 Å². The lowest BCUT2D eigenvalue weighted by molar-refractivity contribution is -0.118. The Kier molecular flexibility index (Phi) is 5.27. The molecule has 0 aliphatic carbocycles. The van der Waals surface area contributed by atoms with E-state index in [-0.39, 0.29) is 11.8 Å². The highest BCUT2D eigenvalue weighted by molar-refractivity contribution is 6.29. The number of aliphatic imine (C=N–C) groups is 1. The van der Waals surface area contributed by atoms with Crippen LogP contribution in [-0.2, 0) is 4.79 Å². The first-order valence-corrected chi connectivity index (χ1v) is 8.48. The van der Waals surface area contributed by atoms with Gasteiger partial charge < -0.3 is 4.74 Å². The second kappa shape index (κ2) is 7.78. The van der Waals surface area contributed by atoms with Crippen molar-refractivity contribution in [1.82, 2.24) is 0 Å². The van der Waals surface area contributed by atoms with Crippen LogP contribution in [0.4, 0.5) is 5.69 Å². The molecule has 0 saturated heterocycles. The molecule has 1 atom stereocenters. The third-order valence-electron chi connectivity index (χ3n) is 4.11. The maximum atomic E-state index is 13.1. The van der Waals surface area contributed by atoms with Crippen molar-refractivity contribution < 1.29 is 14.3 Å². The van der Waals surface area contributed by atoms with E-state index >= 15 is 0 Å². The SMILES string of the molecule is C=CCN=C[C@H]1C(=O)N(c2ccc(OCC)cc2)C(=O)c2ccccc21. The fraction of sp³-hybridized carbons (Fsp3) is 0.190. The maximum absolute atomic E-state index is 13.1. The van der Waals surface area contributed by atoms with Crippen LogP contribution in [0.1, 0.15) is 28.8 Å². The molecular weight excluding hydrogens is 328 g/mol. The molecule has 1 aliphatic heterocycles. The Bertz CT molecular complexity index is 856. The summed E-state index contributed by atoms with van der Waals surface area (Å²) in [4.78, 5) is 31.4. The van der Waals surface area contributed by atoms with Gasteiger partial charge in [0, 0.05) is 11.8 Å². The predicted octanol–water partition coefficient (Wildman–Crippen LogP) is 3.61. The summed E-state index contributed by atoms with van der Waals surface area (Å²) in [6.45, 7) is 6.50. The number of carbonyl (C=O) groups is 2. The molecule has 0 unspecified atom stereocenters. The van der Waals surface area contributed by atoms with E-state index in [1.807, 2.05) is 13.0 Å². The number of anilines is 1. The standard InChI is InChI=1S/C21H20N2O3/c1-3-13-22-14-19-17-7-5-6-8-18(17)20(24)23(21(19)25)15-9-11-16(12-10-15)26-4-2/h3,5-12,14,19H,1,4,13H2,2H3/t19-/m1/s1. The maximum Gasteiger partial charge on any atom is 0.265 e. The van der Waals surface area contributed by atoms with Crippen LogP contribution in [0.25, 0.3) is 0 Å². The number of ether oxygens (including phenoxy) is 1. The van der Waals surface area contributed by atoms with Crippen molar-refractivity contribution in [2.75, 3.05) is 18.1 Å². The molecule has 5 nitrogen and oxygen atoms in total. The minimum Gasteiger partial charge on any atom is -0.494 e. The molecule has 26 heavy (non-hydrogen) atoms. The van der Waals surface area contributed by atoms with Crippen LogP contribution >= 0.6 is 0 Å². The fourth-order valence-electron chi connectivity index (χ4n) is 2.94. The average Bonchev–Trinajstić information content (AvgIpc) is 2.66. The van der Waals surface area contributed by atoms with Crippen molar-refractivity contribution in [2.24, 2.45) is 4.99 Å². The molecule has 5 heteroatoms. The summed E-state index contributed by atoms with van der Waals surface area (Å²) in [6.07, 6.45) is 3.25. The lowest BCUT2D eigenvalue weighted by Gasteiger charge is -2.31. The molecule has 2 aromatic rings. The van der Waals surface area contributed by atoms with Gasteiger partial charge in [-0.25, -0.2) is 4.90 Å². The topological polar surface area (TPSA) is 59.0 Å². The van der Waals surface area contributed by atoms with E-state index in [0.29, 0.717) is 35.7 Å². The van der Waals surface area contributed by atoms with Gasteiger partial charge in [-0.1, -0.05) is 24.3 Å². The second-order valence-electron chi connectivity index (χ2n) is 5.77. The van der Waals surface area contributed by atoms with E-state index in [0.717, 1.165) is 0 Å². The number of fused-ring (bicyclic) bond motifs is 1. The zero-order valence-electron chi connectivity index (χ0n) is 14.6. The minimum absolute atomic E-state index is 0.314. The van der Waals surface area contributed by atoms with Gasteiger partial charge in [0.2, 0.25) is 5.91 Å². The van der Waals surface area contributed by atoms with Crippen LogP contribution in [0.2, 0.25) is 0 Å². The van der Waals surface area contributed by atoms with Crippen molar-refractivity contribution in [3.05, 3.63) is 72.3 Å². The first kappa shape index (κ1) is 17.6.